The zero-order chi connectivity index (χ0) is 17.4. The Morgan fingerprint density at radius 2 is 2.13 bits per heavy atom. The number of rotatable bonds is 4. The van der Waals surface area contributed by atoms with E-state index in [9.17, 15) is 23.3 Å². The molecule has 1 N–H and O–H groups in total. The van der Waals surface area contributed by atoms with Gasteiger partial charge in [0.05, 0.1) is 10.8 Å². The molecule has 0 unspecified atom stereocenters. The molecule has 2 rings (SSSR count). The third-order valence-corrected chi connectivity index (χ3v) is 5.70. The Kier molecular flexibility index (Phi) is 4.35. The highest BCUT2D eigenvalue weighted by Gasteiger charge is 2.42. The molecule has 1 aliphatic rings. The molecule has 1 aromatic carbocycles. The smallest absolute Gasteiger partial charge is 0.308 e. The second kappa shape index (κ2) is 5.94. The van der Waals surface area contributed by atoms with E-state index in [0.29, 0.717) is 0 Å². The molecule has 0 bridgehead atoms. The van der Waals surface area contributed by atoms with Crippen LogP contribution in [0.5, 0.6) is 0 Å². The number of nitriles is 1. The predicted molar refractivity (Wildman–Crippen MR) is 76.9 cm³/mol. The topological polar surface area (TPSA) is 142 Å². The van der Waals surface area contributed by atoms with Gasteiger partial charge in [-0.2, -0.15) is 9.57 Å². The van der Waals surface area contributed by atoms with E-state index in [-0.39, 0.29) is 13.1 Å². The Hall–Kier alpha value is -2.51. The molecule has 0 spiro atoms. The number of nitrogens with zero attached hydrogens (tertiary/aromatic N) is 3. The molecule has 1 heterocycles. The molecule has 1 aliphatic heterocycles. The van der Waals surface area contributed by atoms with Gasteiger partial charge in [-0.3, -0.25) is 14.9 Å². The van der Waals surface area contributed by atoms with E-state index in [2.05, 4.69) is 0 Å². The summed E-state index contributed by atoms with van der Waals surface area (Å²) in [5.41, 5.74) is -1.15. The van der Waals surface area contributed by atoms with Crippen LogP contribution in [0.1, 0.15) is 12.5 Å². The van der Waals surface area contributed by atoms with E-state index >= 15 is 0 Å². The van der Waals surface area contributed by atoms with Gasteiger partial charge >= 0.3 is 5.97 Å². The van der Waals surface area contributed by atoms with Crippen molar-refractivity contribution in [2.24, 2.45) is 11.8 Å². The third-order valence-electron chi connectivity index (χ3n) is 3.83. The van der Waals surface area contributed by atoms with Gasteiger partial charge in [-0.1, -0.05) is 13.0 Å². The monoisotopic (exact) mass is 339 g/mol. The highest BCUT2D eigenvalue weighted by molar-refractivity contribution is 7.89. The number of carboxylic acid groups (broad SMARTS) is 1. The zero-order valence-electron chi connectivity index (χ0n) is 12.0. The number of aliphatic carboxylic acids is 1. The van der Waals surface area contributed by atoms with Gasteiger partial charge in [0.1, 0.15) is 16.5 Å². The average Bonchev–Trinajstić information content (AvgIpc) is 2.89. The van der Waals surface area contributed by atoms with E-state index < -0.39 is 48.9 Å². The molecule has 9 nitrogen and oxygen atoms in total. The maximum absolute atomic E-state index is 12.7. The summed E-state index contributed by atoms with van der Waals surface area (Å²) in [6.45, 7) is 1.37. The maximum Gasteiger partial charge on any atom is 0.308 e. The standard InChI is InChI=1S/C13H13N3O6S/c1-8-6-15(7-10(8)13(17)18)23(21,22)12-4-2-3-11(16(19)20)9(12)5-14/h2-4,8,10H,6-7H2,1H3,(H,17,18)/t8-,10-/m1/s1. The van der Waals surface area contributed by atoms with Crippen LogP contribution in [0.15, 0.2) is 23.1 Å². The van der Waals surface area contributed by atoms with Crippen LogP contribution in [0.25, 0.3) is 0 Å². The summed E-state index contributed by atoms with van der Waals surface area (Å²) in [6.07, 6.45) is 0. The number of carbonyl (C=O) groups is 1. The van der Waals surface area contributed by atoms with Crippen molar-refractivity contribution >= 4 is 21.7 Å². The molecule has 0 aliphatic carbocycles. The summed E-state index contributed by atoms with van der Waals surface area (Å²) in [5, 5.41) is 29.2. The first-order valence-corrected chi connectivity index (χ1v) is 8.04. The van der Waals surface area contributed by atoms with Crippen LogP contribution in [0.4, 0.5) is 5.69 Å². The van der Waals surface area contributed by atoms with E-state index in [1.54, 1.807) is 13.0 Å². The van der Waals surface area contributed by atoms with E-state index in [1.807, 2.05) is 0 Å². The number of sulfonamides is 1. The van der Waals surface area contributed by atoms with Crippen LogP contribution < -0.4 is 0 Å². The minimum Gasteiger partial charge on any atom is -0.481 e. The van der Waals surface area contributed by atoms with Gasteiger partial charge < -0.3 is 5.11 Å². The largest absolute Gasteiger partial charge is 0.481 e. The third kappa shape index (κ3) is 2.88. The molecule has 1 saturated heterocycles. The van der Waals surface area contributed by atoms with Crippen molar-refractivity contribution in [1.29, 1.82) is 5.26 Å². The fourth-order valence-electron chi connectivity index (χ4n) is 2.58. The van der Waals surface area contributed by atoms with Gasteiger partial charge in [-0.25, -0.2) is 8.42 Å². The fourth-order valence-corrected chi connectivity index (χ4v) is 4.30. The summed E-state index contributed by atoms with van der Waals surface area (Å²) in [5.74, 6) is -2.35. The van der Waals surface area contributed by atoms with Gasteiger partial charge in [0, 0.05) is 19.2 Å². The van der Waals surface area contributed by atoms with Crippen molar-refractivity contribution in [3.05, 3.63) is 33.9 Å². The molecular weight excluding hydrogens is 326 g/mol. The lowest BCUT2D eigenvalue weighted by Crippen LogP contribution is -2.30. The lowest BCUT2D eigenvalue weighted by atomic mass is 9.99. The highest BCUT2D eigenvalue weighted by atomic mass is 32.2. The summed E-state index contributed by atoms with van der Waals surface area (Å²) in [7, 11) is -4.19. The first kappa shape index (κ1) is 16.9. The summed E-state index contributed by atoms with van der Waals surface area (Å²) in [6, 6.07) is 4.89. The van der Waals surface area contributed by atoms with E-state index in [4.69, 9.17) is 10.4 Å². The second-order valence-electron chi connectivity index (χ2n) is 5.26. The van der Waals surface area contributed by atoms with Crippen molar-refractivity contribution in [2.75, 3.05) is 13.1 Å². The fraction of sp³-hybridized carbons (Fsp3) is 0.385. The van der Waals surface area contributed by atoms with Crippen LogP contribution in [0, 0.1) is 33.3 Å². The van der Waals surface area contributed by atoms with Crippen LogP contribution >= 0.6 is 0 Å². The van der Waals surface area contributed by atoms with Crippen LogP contribution in [0.3, 0.4) is 0 Å². The number of nitro benzene ring substituents is 1. The normalized spacial score (nSPS) is 21.7. The number of nitro groups is 1. The van der Waals surface area contributed by atoms with Gasteiger partial charge in [-0.05, 0) is 12.0 Å². The van der Waals surface area contributed by atoms with Crippen LogP contribution in [0.2, 0.25) is 0 Å². The number of benzene rings is 1. The number of hydrogen-bond donors (Lipinski definition) is 1. The lowest BCUT2D eigenvalue weighted by Gasteiger charge is -2.16. The second-order valence-corrected chi connectivity index (χ2v) is 7.17. The Morgan fingerprint density at radius 1 is 1.48 bits per heavy atom. The summed E-state index contributed by atoms with van der Waals surface area (Å²) in [4.78, 5) is 20.8. The van der Waals surface area contributed by atoms with Crippen molar-refractivity contribution in [1.82, 2.24) is 4.31 Å². The molecular formula is C13H13N3O6S. The molecule has 122 valence electrons. The Labute approximate surface area is 132 Å². The summed E-state index contributed by atoms with van der Waals surface area (Å²) < 4.78 is 26.3. The minimum absolute atomic E-state index is 0.0210. The molecule has 0 radical (unpaired) electrons. The van der Waals surface area contributed by atoms with Crippen molar-refractivity contribution in [2.45, 2.75) is 11.8 Å². The van der Waals surface area contributed by atoms with Crippen molar-refractivity contribution < 1.29 is 23.2 Å². The lowest BCUT2D eigenvalue weighted by molar-refractivity contribution is -0.385. The quantitative estimate of drug-likeness (QED) is 0.631. The average molecular weight is 339 g/mol. The SMILES string of the molecule is C[C@@H]1CN(S(=O)(=O)c2cccc([N+](=O)[O-])c2C#N)C[C@H]1C(=O)O. The van der Waals surface area contributed by atoms with Gasteiger partial charge in [0.15, 0.2) is 0 Å². The predicted octanol–water partition coefficient (Wildman–Crippen LogP) is 0.808. The van der Waals surface area contributed by atoms with Crippen LogP contribution in [-0.4, -0.2) is 41.8 Å². The Morgan fingerprint density at radius 3 is 2.61 bits per heavy atom. The van der Waals surface area contributed by atoms with Gasteiger partial charge in [-0.15, -0.1) is 0 Å². The summed E-state index contributed by atoms with van der Waals surface area (Å²) >= 11 is 0. The van der Waals surface area contributed by atoms with E-state index in [0.717, 1.165) is 16.4 Å². The first-order valence-electron chi connectivity index (χ1n) is 6.60. The van der Waals surface area contributed by atoms with E-state index in [1.165, 1.54) is 6.07 Å². The maximum atomic E-state index is 12.7. The number of carboxylic acids is 1. The van der Waals surface area contributed by atoms with Crippen molar-refractivity contribution in [3.8, 4) is 6.07 Å². The molecule has 0 saturated carbocycles. The Balaban J connectivity index is 2.50. The molecule has 0 amide bonds. The number of hydrogen-bond acceptors (Lipinski definition) is 6. The molecule has 1 aromatic rings. The molecule has 10 heteroatoms. The molecule has 2 atom stereocenters. The van der Waals surface area contributed by atoms with Crippen LogP contribution in [-0.2, 0) is 14.8 Å². The van der Waals surface area contributed by atoms with Gasteiger partial charge in [0.2, 0.25) is 10.0 Å². The molecule has 1 fully saturated rings. The first-order chi connectivity index (χ1) is 10.7. The highest BCUT2D eigenvalue weighted by Crippen LogP contribution is 2.32. The molecule has 0 aromatic heterocycles. The van der Waals surface area contributed by atoms with Crippen molar-refractivity contribution in [3.63, 3.8) is 0 Å². The van der Waals surface area contributed by atoms with Gasteiger partial charge in [0.25, 0.3) is 5.69 Å². The minimum atomic E-state index is -4.19. The zero-order valence-corrected chi connectivity index (χ0v) is 12.9. The molecule has 23 heavy (non-hydrogen) atoms. The Bertz CT molecular complexity index is 813.